The van der Waals surface area contributed by atoms with Gasteiger partial charge in [-0.2, -0.15) is 0 Å². The summed E-state index contributed by atoms with van der Waals surface area (Å²) in [6, 6.07) is 7.07. The van der Waals surface area contributed by atoms with Gasteiger partial charge in [-0.15, -0.1) is 0 Å². The topological polar surface area (TPSA) is 56.2 Å². The predicted octanol–water partition coefficient (Wildman–Crippen LogP) is 3.38. The van der Waals surface area contributed by atoms with Gasteiger partial charge in [-0.05, 0) is 24.6 Å². The number of esters is 1. The minimum Gasteiger partial charge on any atom is -0.467 e. The SMILES string of the molecule is CCCn1cncc1C(Nc1cccc(Br)c1)C(=O)OC. The van der Waals surface area contributed by atoms with Crippen molar-refractivity contribution < 1.29 is 9.53 Å². The van der Waals surface area contributed by atoms with Gasteiger partial charge < -0.3 is 14.6 Å². The molecule has 0 spiro atoms. The van der Waals surface area contributed by atoms with Gasteiger partial charge in [0.05, 0.1) is 25.3 Å². The Morgan fingerprint density at radius 1 is 1.52 bits per heavy atom. The van der Waals surface area contributed by atoms with Gasteiger partial charge in [0.2, 0.25) is 0 Å². The van der Waals surface area contributed by atoms with E-state index in [1.807, 2.05) is 28.8 Å². The Morgan fingerprint density at radius 2 is 2.33 bits per heavy atom. The molecule has 0 amide bonds. The Hall–Kier alpha value is -1.82. The molecule has 0 bridgehead atoms. The first-order chi connectivity index (χ1) is 10.2. The average Bonchev–Trinajstić information content (AvgIpc) is 2.92. The molecule has 2 rings (SSSR count). The number of aromatic nitrogens is 2. The quantitative estimate of drug-likeness (QED) is 0.810. The first kappa shape index (κ1) is 15.6. The Labute approximate surface area is 132 Å². The summed E-state index contributed by atoms with van der Waals surface area (Å²) >= 11 is 3.42. The molecule has 1 N–H and O–H groups in total. The van der Waals surface area contributed by atoms with Crippen LogP contribution >= 0.6 is 15.9 Å². The van der Waals surface area contributed by atoms with Crippen LogP contribution in [0.5, 0.6) is 0 Å². The van der Waals surface area contributed by atoms with Gasteiger partial charge in [0.15, 0.2) is 6.04 Å². The average molecular weight is 352 g/mol. The largest absolute Gasteiger partial charge is 0.467 e. The third-order valence-electron chi connectivity index (χ3n) is 3.08. The van der Waals surface area contributed by atoms with Crippen molar-refractivity contribution in [2.75, 3.05) is 12.4 Å². The number of ether oxygens (including phenoxy) is 1. The number of benzene rings is 1. The molecule has 0 saturated carbocycles. The molecule has 21 heavy (non-hydrogen) atoms. The monoisotopic (exact) mass is 351 g/mol. The van der Waals surface area contributed by atoms with Crippen LogP contribution in [0.15, 0.2) is 41.3 Å². The molecule has 1 unspecified atom stereocenters. The molecule has 112 valence electrons. The summed E-state index contributed by atoms with van der Waals surface area (Å²) in [6.45, 7) is 2.89. The maximum absolute atomic E-state index is 12.1. The van der Waals surface area contributed by atoms with Crippen LogP contribution in [0.1, 0.15) is 25.1 Å². The molecule has 0 aliphatic carbocycles. The number of hydrogen-bond donors (Lipinski definition) is 1. The number of carbonyl (C=O) groups is 1. The Balaban J connectivity index is 2.30. The zero-order valence-corrected chi connectivity index (χ0v) is 13.6. The molecule has 1 aromatic carbocycles. The fourth-order valence-electron chi connectivity index (χ4n) is 2.12. The van der Waals surface area contributed by atoms with Crippen molar-refractivity contribution in [3.05, 3.63) is 47.0 Å². The summed E-state index contributed by atoms with van der Waals surface area (Å²) in [5.41, 5.74) is 1.63. The number of halogens is 1. The maximum Gasteiger partial charge on any atom is 0.334 e. The molecular weight excluding hydrogens is 334 g/mol. The number of anilines is 1. The van der Waals surface area contributed by atoms with Gasteiger partial charge in [-0.3, -0.25) is 0 Å². The van der Waals surface area contributed by atoms with Crippen LogP contribution in [0.25, 0.3) is 0 Å². The smallest absolute Gasteiger partial charge is 0.334 e. The molecular formula is C15H18BrN3O2. The number of nitrogens with zero attached hydrogens (tertiary/aromatic N) is 2. The number of hydrogen-bond acceptors (Lipinski definition) is 4. The van der Waals surface area contributed by atoms with E-state index < -0.39 is 6.04 Å². The Morgan fingerprint density at radius 3 is 3.00 bits per heavy atom. The summed E-state index contributed by atoms with van der Waals surface area (Å²) in [6.07, 6.45) is 4.40. The molecule has 5 nitrogen and oxygen atoms in total. The molecule has 0 saturated heterocycles. The highest BCUT2D eigenvalue weighted by atomic mass is 79.9. The highest BCUT2D eigenvalue weighted by Crippen LogP contribution is 2.23. The van der Waals surface area contributed by atoms with Crippen molar-refractivity contribution in [1.82, 2.24) is 9.55 Å². The number of aryl methyl sites for hydroxylation is 1. The van der Waals surface area contributed by atoms with Crippen molar-refractivity contribution in [3.63, 3.8) is 0 Å². The van der Waals surface area contributed by atoms with Gasteiger partial charge in [0.1, 0.15) is 0 Å². The van der Waals surface area contributed by atoms with E-state index in [9.17, 15) is 4.79 Å². The lowest BCUT2D eigenvalue weighted by Crippen LogP contribution is -2.25. The first-order valence-electron chi connectivity index (χ1n) is 6.75. The van der Waals surface area contributed by atoms with E-state index in [4.69, 9.17) is 4.74 Å². The van der Waals surface area contributed by atoms with Crippen LogP contribution in [0.4, 0.5) is 5.69 Å². The number of imidazole rings is 1. The van der Waals surface area contributed by atoms with Crippen molar-refractivity contribution in [3.8, 4) is 0 Å². The van der Waals surface area contributed by atoms with E-state index >= 15 is 0 Å². The van der Waals surface area contributed by atoms with Crippen molar-refractivity contribution in [2.24, 2.45) is 0 Å². The van der Waals surface area contributed by atoms with E-state index in [0.29, 0.717) is 0 Å². The third kappa shape index (κ3) is 3.85. The van der Waals surface area contributed by atoms with E-state index in [1.165, 1.54) is 7.11 Å². The molecule has 0 aliphatic rings. The van der Waals surface area contributed by atoms with Crippen LogP contribution in [0.3, 0.4) is 0 Å². The minimum atomic E-state index is -0.585. The predicted molar refractivity (Wildman–Crippen MR) is 85.0 cm³/mol. The van der Waals surface area contributed by atoms with Crippen LogP contribution in [-0.2, 0) is 16.1 Å². The molecule has 0 aliphatic heterocycles. The maximum atomic E-state index is 12.1. The number of nitrogens with one attached hydrogen (secondary N) is 1. The lowest BCUT2D eigenvalue weighted by atomic mass is 10.2. The van der Waals surface area contributed by atoms with Crippen molar-refractivity contribution in [2.45, 2.75) is 25.9 Å². The highest BCUT2D eigenvalue weighted by molar-refractivity contribution is 9.10. The molecule has 1 heterocycles. The molecule has 6 heteroatoms. The second-order valence-electron chi connectivity index (χ2n) is 4.62. The Kier molecular flexibility index (Phi) is 5.38. The second kappa shape index (κ2) is 7.26. The summed E-state index contributed by atoms with van der Waals surface area (Å²) in [5.74, 6) is -0.340. The summed E-state index contributed by atoms with van der Waals surface area (Å²) < 4.78 is 7.83. The Bertz CT molecular complexity index is 612. The summed E-state index contributed by atoms with van der Waals surface area (Å²) in [4.78, 5) is 16.3. The lowest BCUT2D eigenvalue weighted by molar-refractivity contribution is -0.141. The summed E-state index contributed by atoms with van der Waals surface area (Å²) in [5, 5.41) is 3.21. The number of rotatable bonds is 6. The molecule has 0 fully saturated rings. The van der Waals surface area contributed by atoms with E-state index in [0.717, 1.165) is 28.8 Å². The van der Waals surface area contributed by atoms with Crippen molar-refractivity contribution in [1.29, 1.82) is 0 Å². The van der Waals surface area contributed by atoms with Gasteiger partial charge in [-0.25, -0.2) is 9.78 Å². The van der Waals surface area contributed by atoms with Gasteiger partial charge >= 0.3 is 5.97 Å². The van der Waals surface area contributed by atoms with Gasteiger partial charge in [0, 0.05) is 16.7 Å². The molecule has 0 radical (unpaired) electrons. The van der Waals surface area contributed by atoms with Crippen LogP contribution < -0.4 is 5.32 Å². The number of methoxy groups -OCH3 is 1. The van der Waals surface area contributed by atoms with Gasteiger partial charge in [-0.1, -0.05) is 28.9 Å². The van der Waals surface area contributed by atoms with Crippen LogP contribution in [0, 0.1) is 0 Å². The zero-order chi connectivity index (χ0) is 15.2. The van der Waals surface area contributed by atoms with Crippen molar-refractivity contribution >= 4 is 27.6 Å². The van der Waals surface area contributed by atoms with Gasteiger partial charge in [0.25, 0.3) is 0 Å². The highest BCUT2D eigenvalue weighted by Gasteiger charge is 2.24. The standard InChI is InChI=1S/C15H18BrN3O2/c1-3-7-19-10-17-9-13(19)14(15(20)21-2)18-12-6-4-5-11(16)8-12/h4-6,8-10,14,18H,3,7H2,1-2H3. The van der Waals surface area contributed by atoms with Crippen LogP contribution in [-0.4, -0.2) is 22.6 Å². The minimum absolute atomic E-state index is 0.340. The number of carbonyl (C=O) groups excluding carboxylic acids is 1. The molecule has 1 atom stereocenters. The molecule has 2 aromatic rings. The van der Waals surface area contributed by atoms with E-state index in [-0.39, 0.29) is 5.97 Å². The van der Waals surface area contributed by atoms with Crippen LogP contribution in [0.2, 0.25) is 0 Å². The van der Waals surface area contributed by atoms with E-state index in [2.05, 4.69) is 33.2 Å². The molecule has 1 aromatic heterocycles. The summed E-state index contributed by atoms with van der Waals surface area (Å²) in [7, 11) is 1.39. The van der Waals surface area contributed by atoms with E-state index in [1.54, 1.807) is 12.5 Å². The normalized spacial score (nSPS) is 12.0. The first-order valence-corrected chi connectivity index (χ1v) is 7.55. The third-order valence-corrected chi connectivity index (χ3v) is 3.57. The fourth-order valence-corrected chi connectivity index (χ4v) is 2.51. The second-order valence-corrected chi connectivity index (χ2v) is 5.54. The fraction of sp³-hybridized carbons (Fsp3) is 0.333. The zero-order valence-electron chi connectivity index (χ0n) is 12.0. The lowest BCUT2D eigenvalue weighted by Gasteiger charge is -2.19.